The average Bonchev–Trinajstić information content (AvgIpc) is 2.61. The number of carbonyl (C=O) groups is 2. The predicted molar refractivity (Wildman–Crippen MR) is 103 cm³/mol. The summed E-state index contributed by atoms with van der Waals surface area (Å²) in [5, 5.41) is 5.91. The molecule has 1 aliphatic heterocycles. The molecule has 140 valence electrons. The summed E-state index contributed by atoms with van der Waals surface area (Å²) in [7, 11) is 0. The number of nitrogens with zero attached hydrogens (tertiary/aromatic N) is 1. The summed E-state index contributed by atoms with van der Waals surface area (Å²) < 4.78 is 0. The van der Waals surface area contributed by atoms with Crippen molar-refractivity contribution in [3.05, 3.63) is 30.3 Å². The van der Waals surface area contributed by atoms with Crippen LogP contribution in [0.2, 0.25) is 0 Å². The standard InChI is InChI=1S/C18H28N4O2.ClH/c1-3-13(2)16(19)17(23)20-15-9-11-22(12-10-15)18(24)21-14-7-5-4-6-8-14;/h4-8,13,15-16H,3,9-12,19H2,1-2H3,(H,20,23)(H,21,24);1H. The van der Waals surface area contributed by atoms with Gasteiger partial charge in [-0.25, -0.2) is 4.79 Å². The molecule has 1 aliphatic rings. The van der Waals surface area contributed by atoms with Crippen molar-refractivity contribution in [2.45, 2.75) is 45.2 Å². The molecular weight excluding hydrogens is 340 g/mol. The first kappa shape index (κ1) is 21.3. The molecule has 7 heteroatoms. The summed E-state index contributed by atoms with van der Waals surface area (Å²) in [5.41, 5.74) is 6.75. The van der Waals surface area contributed by atoms with Crippen molar-refractivity contribution in [1.82, 2.24) is 10.2 Å². The smallest absolute Gasteiger partial charge is 0.321 e. The van der Waals surface area contributed by atoms with Crippen LogP contribution in [0.5, 0.6) is 0 Å². The van der Waals surface area contributed by atoms with Gasteiger partial charge in [0.15, 0.2) is 0 Å². The molecule has 1 aromatic rings. The summed E-state index contributed by atoms with van der Waals surface area (Å²) in [5.74, 6) is 0.0817. The number of rotatable bonds is 5. The van der Waals surface area contributed by atoms with Gasteiger partial charge in [0.05, 0.1) is 6.04 Å². The van der Waals surface area contributed by atoms with Crippen molar-refractivity contribution in [1.29, 1.82) is 0 Å². The van der Waals surface area contributed by atoms with Crippen LogP contribution in [0.3, 0.4) is 0 Å². The van der Waals surface area contributed by atoms with Gasteiger partial charge >= 0.3 is 6.03 Å². The number of para-hydroxylation sites is 1. The van der Waals surface area contributed by atoms with Crippen LogP contribution in [-0.4, -0.2) is 42.0 Å². The summed E-state index contributed by atoms with van der Waals surface area (Å²) in [6.07, 6.45) is 2.38. The molecule has 0 spiro atoms. The van der Waals surface area contributed by atoms with Crippen LogP contribution in [0, 0.1) is 5.92 Å². The third-order valence-electron chi connectivity index (χ3n) is 4.71. The van der Waals surface area contributed by atoms with Gasteiger partial charge in [0.2, 0.25) is 5.91 Å². The van der Waals surface area contributed by atoms with E-state index < -0.39 is 6.04 Å². The van der Waals surface area contributed by atoms with E-state index in [9.17, 15) is 9.59 Å². The molecule has 1 heterocycles. The van der Waals surface area contributed by atoms with E-state index in [0.29, 0.717) is 13.1 Å². The summed E-state index contributed by atoms with van der Waals surface area (Å²) in [4.78, 5) is 26.2. The molecule has 0 bridgehead atoms. The molecule has 3 amide bonds. The molecule has 2 unspecified atom stereocenters. The molecular formula is C18H29ClN4O2. The highest BCUT2D eigenvalue weighted by Crippen LogP contribution is 2.14. The first-order valence-corrected chi connectivity index (χ1v) is 8.68. The van der Waals surface area contributed by atoms with Gasteiger partial charge in [0, 0.05) is 24.8 Å². The second kappa shape index (κ2) is 10.3. The number of anilines is 1. The predicted octanol–water partition coefficient (Wildman–Crippen LogP) is 2.59. The topological polar surface area (TPSA) is 87.5 Å². The molecule has 0 radical (unpaired) electrons. The van der Waals surface area contributed by atoms with E-state index >= 15 is 0 Å². The number of hydrogen-bond acceptors (Lipinski definition) is 3. The van der Waals surface area contributed by atoms with Gasteiger partial charge in [-0.1, -0.05) is 38.5 Å². The second-order valence-electron chi connectivity index (χ2n) is 6.48. The first-order chi connectivity index (χ1) is 11.5. The maximum Gasteiger partial charge on any atom is 0.321 e. The second-order valence-corrected chi connectivity index (χ2v) is 6.48. The number of piperidine rings is 1. The van der Waals surface area contributed by atoms with Crippen LogP contribution in [0.4, 0.5) is 10.5 Å². The Hall–Kier alpha value is -1.79. The minimum atomic E-state index is -0.464. The van der Waals surface area contributed by atoms with Crippen molar-refractivity contribution in [2.24, 2.45) is 11.7 Å². The van der Waals surface area contributed by atoms with Gasteiger partial charge in [-0.2, -0.15) is 0 Å². The zero-order valence-corrected chi connectivity index (χ0v) is 15.7. The van der Waals surface area contributed by atoms with Gasteiger partial charge in [0.25, 0.3) is 0 Å². The fraction of sp³-hybridized carbons (Fsp3) is 0.556. The number of likely N-dealkylation sites (tertiary alicyclic amines) is 1. The average molecular weight is 369 g/mol. The first-order valence-electron chi connectivity index (χ1n) is 8.68. The van der Waals surface area contributed by atoms with Crippen molar-refractivity contribution in [3.8, 4) is 0 Å². The van der Waals surface area contributed by atoms with E-state index in [2.05, 4.69) is 10.6 Å². The van der Waals surface area contributed by atoms with Gasteiger partial charge in [-0.3, -0.25) is 4.79 Å². The lowest BCUT2D eigenvalue weighted by Gasteiger charge is -2.33. The Labute approximate surface area is 155 Å². The monoisotopic (exact) mass is 368 g/mol. The molecule has 1 saturated heterocycles. The fourth-order valence-electron chi connectivity index (χ4n) is 2.76. The molecule has 1 fully saturated rings. The summed E-state index contributed by atoms with van der Waals surface area (Å²) >= 11 is 0. The van der Waals surface area contributed by atoms with Gasteiger partial charge in [-0.05, 0) is 30.9 Å². The van der Waals surface area contributed by atoms with Crippen LogP contribution in [0.15, 0.2) is 30.3 Å². The van der Waals surface area contributed by atoms with Crippen LogP contribution >= 0.6 is 12.4 Å². The summed E-state index contributed by atoms with van der Waals surface area (Å²) in [6, 6.07) is 8.94. The Morgan fingerprint density at radius 2 is 1.84 bits per heavy atom. The van der Waals surface area contributed by atoms with Crippen molar-refractivity contribution >= 4 is 30.0 Å². The third-order valence-corrected chi connectivity index (χ3v) is 4.71. The van der Waals surface area contributed by atoms with Crippen LogP contribution in [-0.2, 0) is 4.79 Å². The number of carbonyl (C=O) groups excluding carboxylic acids is 2. The number of hydrogen-bond donors (Lipinski definition) is 3. The highest BCUT2D eigenvalue weighted by atomic mass is 35.5. The van der Waals surface area contributed by atoms with E-state index in [1.165, 1.54) is 0 Å². The lowest BCUT2D eigenvalue weighted by molar-refractivity contribution is -0.124. The fourth-order valence-corrected chi connectivity index (χ4v) is 2.76. The largest absolute Gasteiger partial charge is 0.352 e. The SMILES string of the molecule is CCC(C)C(N)C(=O)NC1CCN(C(=O)Nc2ccccc2)CC1.Cl. The zero-order chi connectivity index (χ0) is 17.5. The highest BCUT2D eigenvalue weighted by Gasteiger charge is 2.26. The molecule has 0 aliphatic carbocycles. The number of benzene rings is 1. The Morgan fingerprint density at radius 1 is 1.24 bits per heavy atom. The Morgan fingerprint density at radius 3 is 2.40 bits per heavy atom. The Balaban J connectivity index is 0.00000312. The van der Waals surface area contributed by atoms with Crippen molar-refractivity contribution < 1.29 is 9.59 Å². The lowest BCUT2D eigenvalue weighted by atomic mass is 9.98. The van der Waals surface area contributed by atoms with E-state index in [4.69, 9.17) is 5.73 Å². The molecule has 2 rings (SSSR count). The third kappa shape index (κ3) is 6.21. The van der Waals surface area contributed by atoms with Gasteiger partial charge in [-0.15, -0.1) is 12.4 Å². The summed E-state index contributed by atoms with van der Waals surface area (Å²) in [6.45, 7) is 5.27. The minimum absolute atomic E-state index is 0. The maximum atomic E-state index is 12.2. The molecule has 25 heavy (non-hydrogen) atoms. The minimum Gasteiger partial charge on any atom is -0.352 e. The molecule has 0 saturated carbocycles. The Bertz CT molecular complexity index is 547. The quantitative estimate of drug-likeness (QED) is 0.746. The van der Waals surface area contributed by atoms with Crippen LogP contribution in [0.25, 0.3) is 0 Å². The number of halogens is 1. The highest BCUT2D eigenvalue weighted by molar-refractivity contribution is 5.89. The molecule has 6 nitrogen and oxygen atoms in total. The van der Waals surface area contributed by atoms with Gasteiger partial charge < -0.3 is 21.3 Å². The number of nitrogens with two attached hydrogens (primary N) is 1. The Kier molecular flexibility index (Phi) is 8.72. The van der Waals surface area contributed by atoms with E-state index in [-0.39, 0.29) is 36.3 Å². The normalized spacial score (nSPS) is 17.2. The maximum absolute atomic E-state index is 12.2. The number of urea groups is 1. The van der Waals surface area contributed by atoms with E-state index in [1.807, 2.05) is 44.2 Å². The van der Waals surface area contributed by atoms with E-state index in [1.54, 1.807) is 4.90 Å². The lowest BCUT2D eigenvalue weighted by Crippen LogP contribution is -2.52. The number of nitrogens with one attached hydrogen (secondary N) is 2. The molecule has 2 atom stereocenters. The van der Waals surface area contributed by atoms with Crippen LogP contribution in [0.1, 0.15) is 33.1 Å². The molecule has 0 aromatic heterocycles. The van der Waals surface area contributed by atoms with E-state index in [0.717, 1.165) is 24.9 Å². The van der Waals surface area contributed by atoms with Gasteiger partial charge in [0.1, 0.15) is 0 Å². The zero-order valence-electron chi connectivity index (χ0n) is 14.9. The van der Waals surface area contributed by atoms with Crippen molar-refractivity contribution in [3.63, 3.8) is 0 Å². The molecule has 1 aromatic carbocycles. The molecule has 4 N–H and O–H groups in total. The van der Waals surface area contributed by atoms with Crippen molar-refractivity contribution in [2.75, 3.05) is 18.4 Å². The van der Waals surface area contributed by atoms with Crippen LogP contribution < -0.4 is 16.4 Å². The number of amides is 3.